The van der Waals surface area contributed by atoms with Gasteiger partial charge >= 0.3 is 0 Å². The minimum absolute atomic E-state index is 0.171. The Morgan fingerprint density at radius 2 is 2.00 bits per heavy atom. The zero-order valence-electron chi connectivity index (χ0n) is 7.73. The molecule has 0 unspecified atom stereocenters. The molecule has 1 saturated carbocycles. The van der Waals surface area contributed by atoms with Crippen LogP contribution in [0.5, 0.6) is 0 Å². The Bertz CT molecular complexity index is 130. The Morgan fingerprint density at radius 1 is 1.45 bits per heavy atom. The maximum Gasteiger partial charge on any atom is 0.0402 e. The second-order valence-corrected chi connectivity index (χ2v) is 4.54. The van der Waals surface area contributed by atoms with Crippen molar-refractivity contribution in [2.75, 3.05) is 19.5 Å². The summed E-state index contributed by atoms with van der Waals surface area (Å²) in [5, 5.41) is 0. The van der Waals surface area contributed by atoms with Crippen molar-refractivity contribution in [2.45, 2.75) is 32.2 Å². The molecule has 0 heterocycles. The third kappa shape index (κ3) is 2.64. The average Bonchev–Trinajstić information content (AvgIpc) is 2.72. The third-order valence-electron chi connectivity index (χ3n) is 2.59. The van der Waals surface area contributed by atoms with E-state index in [1.807, 2.05) is 0 Å². The topological polar surface area (TPSA) is 3.24 Å². The Kier molecular flexibility index (Phi) is 2.82. The number of halogens is 1. The van der Waals surface area contributed by atoms with Crippen LogP contribution in [0.25, 0.3) is 0 Å². The summed E-state index contributed by atoms with van der Waals surface area (Å²) >= 11 is 5.85. The highest BCUT2D eigenvalue weighted by Gasteiger charge is 2.29. The minimum Gasteiger partial charge on any atom is -0.300 e. The van der Waals surface area contributed by atoms with E-state index in [2.05, 4.69) is 25.8 Å². The van der Waals surface area contributed by atoms with E-state index in [4.69, 9.17) is 11.6 Å². The summed E-state index contributed by atoms with van der Waals surface area (Å²) in [6.07, 6.45) is 2.84. The molecule has 2 heteroatoms. The van der Waals surface area contributed by atoms with Crippen LogP contribution in [0.15, 0.2) is 0 Å². The lowest BCUT2D eigenvalue weighted by Gasteiger charge is -2.33. The first-order chi connectivity index (χ1) is 5.06. The molecule has 66 valence electrons. The van der Waals surface area contributed by atoms with Gasteiger partial charge < -0.3 is 0 Å². The van der Waals surface area contributed by atoms with Crippen molar-refractivity contribution in [1.29, 1.82) is 0 Å². The fraction of sp³-hybridized carbons (Fsp3) is 1.00. The number of rotatable bonds is 4. The summed E-state index contributed by atoms with van der Waals surface area (Å²) in [6.45, 7) is 5.62. The highest BCUT2D eigenvalue weighted by Crippen LogP contribution is 2.31. The fourth-order valence-electron chi connectivity index (χ4n) is 1.04. The van der Waals surface area contributed by atoms with Gasteiger partial charge in [0.25, 0.3) is 0 Å². The normalized spacial score (nSPS) is 19.4. The molecule has 0 aromatic heterocycles. The van der Waals surface area contributed by atoms with Gasteiger partial charge in [-0.05, 0) is 39.7 Å². The molecule has 1 nitrogen and oxygen atoms in total. The summed E-state index contributed by atoms with van der Waals surface area (Å²) in [5.41, 5.74) is 0.171. The van der Waals surface area contributed by atoms with Gasteiger partial charge in [0.1, 0.15) is 0 Å². The maximum absolute atomic E-state index is 5.85. The molecule has 11 heavy (non-hydrogen) atoms. The molecule has 0 aromatic carbocycles. The van der Waals surface area contributed by atoms with Crippen molar-refractivity contribution in [3.63, 3.8) is 0 Å². The first-order valence-electron chi connectivity index (χ1n) is 4.33. The van der Waals surface area contributed by atoms with Gasteiger partial charge in [-0.1, -0.05) is 0 Å². The van der Waals surface area contributed by atoms with Crippen LogP contribution in [0.1, 0.15) is 26.7 Å². The lowest BCUT2D eigenvalue weighted by molar-refractivity contribution is 0.172. The van der Waals surface area contributed by atoms with E-state index >= 15 is 0 Å². The molecule has 0 spiro atoms. The molecule has 0 radical (unpaired) electrons. The summed E-state index contributed by atoms with van der Waals surface area (Å²) in [6, 6.07) is 0. The van der Waals surface area contributed by atoms with E-state index < -0.39 is 0 Å². The smallest absolute Gasteiger partial charge is 0.0402 e. The van der Waals surface area contributed by atoms with Crippen LogP contribution in [-0.4, -0.2) is 29.9 Å². The van der Waals surface area contributed by atoms with Crippen LogP contribution in [0.4, 0.5) is 0 Å². The molecular formula is C9H18ClN. The number of hydrogen-bond donors (Lipinski definition) is 0. The van der Waals surface area contributed by atoms with Gasteiger partial charge in [0.15, 0.2) is 0 Å². The summed E-state index contributed by atoms with van der Waals surface area (Å²) in [5.74, 6) is 1.68. The van der Waals surface area contributed by atoms with Gasteiger partial charge in [-0.25, -0.2) is 0 Å². The molecule has 1 fully saturated rings. The summed E-state index contributed by atoms with van der Waals surface area (Å²) < 4.78 is 0. The summed E-state index contributed by atoms with van der Waals surface area (Å²) in [4.78, 5) is 2.37. The Balaban J connectivity index is 2.31. The average molecular weight is 176 g/mol. The first kappa shape index (κ1) is 9.34. The molecule has 0 aromatic rings. The third-order valence-corrected chi connectivity index (χ3v) is 3.24. The number of hydrogen-bond acceptors (Lipinski definition) is 1. The van der Waals surface area contributed by atoms with E-state index in [0.29, 0.717) is 0 Å². The predicted molar refractivity (Wildman–Crippen MR) is 50.2 cm³/mol. The van der Waals surface area contributed by atoms with Gasteiger partial charge in [0, 0.05) is 18.0 Å². The van der Waals surface area contributed by atoms with Crippen LogP contribution >= 0.6 is 11.6 Å². The van der Waals surface area contributed by atoms with Crippen molar-refractivity contribution in [3.8, 4) is 0 Å². The SMILES string of the molecule is CN(CC1CC1)C(C)(C)CCl. The van der Waals surface area contributed by atoms with Crippen LogP contribution in [0.2, 0.25) is 0 Å². The van der Waals surface area contributed by atoms with Crippen molar-refractivity contribution < 1.29 is 0 Å². The Hall–Kier alpha value is 0.250. The quantitative estimate of drug-likeness (QED) is 0.593. The fourth-order valence-corrected chi connectivity index (χ4v) is 1.24. The van der Waals surface area contributed by atoms with Crippen LogP contribution in [0, 0.1) is 5.92 Å². The van der Waals surface area contributed by atoms with Crippen LogP contribution in [0.3, 0.4) is 0 Å². The molecule has 0 aliphatic heterocycles. The summed E-state index contributed by atoms with van der Waals surface area (Å²) in [7, 11) is 2.17. The second-order valence-electron chi connectivity index (χ2n) is 4.27. The van der Waals surface area contributed by atoms with Gasteiger partial charge in [0.05, 0.1) is 0 Å². The first-order valence-corrected chi connectivity index (χ1v) is 4.87. The van der Waals surface area contributed by atoms with Crippen molar-refractivity contribution in [1.82, 2.24) is 4.90 Å². The second kappa shape index (κ2) is 3.32. The van der Waals surface area contributed by atoms with E-state index in [1.54, 1.807) is 0 Å². The van der Waals surface area contributed by atoms with Crippen LogP contribution in [-0.2, 0) is 0 Å². The Labute approximate surface area is 74.7 Å². The predicted octanol–water partition coefficient (Wildman–Crippen LogP) is 2.35. The maximum atomic E-state index is 5.85. The molecular weight excluding hydrogens is 158 g/mol. The van der Waals surface area contributed by atoms with E-state index in [-0.39, 0.29) is 5.54 Å². The zero-order valence-corrected chi connectivity index (χ0v) is 8.49. The largest absolute Gasteiger partial charge is 0.300 e. The zero-order chi connectivity index (χ0) is 8.48. The molecule has 0 amide bonds. The van der Waals surface area contributed by atoms with E-state index in [0.717, 1.165) is 11.8 Å². The number of nitrogens with zero attached hydrogens (tertiary/aromatic N) is 1. The Morgan fingerprint density at radius 3 is 2.36 bits per heavy atom. The lowest BCUT2D eigenvalue weighted by Crippen LogP contribution is -2.43. The monoisotopic (exact) mass is 175 g/mol. The standard InChI is InChI=1S/C9H18ClN/c1-9(2,7-10)11(3)6-8-4-5-8/h8H,4-7H2,1-3H3. The molecule has 1 rings (SSSR count). The van der Waals surface area contributed by atoms with Gasteiger partial charge in [-0.2, -0.15) is 0 Å². The van der Waals surface area contributed by atoms with Crippen molar-refractivity contribution >= 4 is 11.6 Å². The van der Waals surface area contributed by atoms with E-state index in [1.165, 1.54) is 19.4 Å². The highest BCUT2D eigenvalue weighted by molar-refractivity contribution is 6.18. The van der Waals surface area contributed by atoms with Crippen LogP contribution < -0.4 is 0 Å². The van der Waals surface area contributed by atoms with Gasteiger partial charge in [-0.15, -0.1) is 11.6 Å². The van der Waals surface area contributed by atoms with Crippen molar-refractivity contribution in [3.05, 3.63) is 0 Å². The van der Waals surface area contributed by atoms with Gasteiger partial charge in [-0.3, -0.25) is 4.90 Å². The molecule has 0 atom stereocenters. The molecule has 0 bridgehead atoms. The molecule has 1 aliphatic rings. The van der Waals surface area contributed by atoms with E-state index in [9.17, 15) is 0 Å². The molecule has 0 N–H and O–H groups in total. The number of alkyl halides is 1. The lowest BCUT2D eigenvalue weighted by atomic mass is 10.1. The highest BCUT2D eigenvalue weighted by atomic mass is 35.5. The van der Waals surface area contributed by atoms with Gasteiger partial charge in [0.2, 0.25) is 0 Å². The molecule has 0 saturated heterocycles. The minimum atomic E-state index is 0.171. The molecule has 1 aliphatic carbocycles. The van der Waals surface area contributed by atoms with Crippen molar-refractivity contribution in [2.24, 2.45) is 5.92 Å².